The first-order valence-electron chi connectivity index (χ1n) is 19.2. The Kier molecular flexibility index (Phi) is 14.4. The van der Waals surface area contributed by atoms with Gasteiger partial charge in [-0.1, -0.05) is 20.8 Å². The van der Waals surface area contributed by atoms with Gasteiger partial charge in [0, 0.05) is 37.5 Å². The van der Waals surface area contributed by atoms with E-state index in [0.717, 1.165) is 12.8 Å². The fraction of sp³-hybridized carbons (Fsp3) is 0.974. The number of nitrogens with zero attached hydrogens (tertiary/aromatic N) is 1. The van der Waals surface area contributed by atoms with E-state index in [1.54, 1.807) is 27.7 Å². The lowest BCUT2D eigenvalue weighted by molar-refractivity contribution is -0.317. The molecule has 4 aliphatic rings. The Hall–Kier alpha value is -0.970. The third-order valence-corrected chi connectivity index (χ3v) is 12.3. The number of nitrogens with one attached hydrogen (secondary N) is 1. The Morgan fingerprint density at radius 3 is 2.14 bits per heavy atom. The molecule has 1 aliphatic carbocycles. The molecule has 18 atom stereocenters. The van der Waals surface area contributed by atoms with Gasteiger partial charge in [-0.3, -0.25) is 4.79 Å². The van der Waals surface area contributed by atoms with E-state index in [4.69, 9.17) is 28.4 Å². The van der Waals surface area contributed by atoms with Crippen LogP contribution in [-0.2, 0) is 33.2 Å². The number of ether oxygens (including phenoxy) is 6. The van der Waals surface area contributed by atoms with Crippen LogP contribution in [0, 0.1) is 29.6 Å². The molecule has 0 aromatic carbocycles. The molecule has 3 heterocycles. The summed E-state index contributed by atoms with van der Waals surface area (Å²) < 4.78 is 38.0. The number of esters is 1. The molecule has 3 aliphatic heterocycles. The van der Waals surface area contributed by atoms with Gasteiger partial charge < -0.3 is 59.1 Å². The molecular weight excluding hydrogens is 660 g/mol. The van der Waals surface area contributed by atoms with E-state index in [0.29, 0.717) is 19.4 Å². The number of methoxy groups -OCH3 is 1. The summed E-state index contributed by atoms with van der Waals surface area (Å²) in [6.45, 7) is 17.2. The fourth-order valence-corrected chi connectivity index (χ4v) is 8.76. The molecule has 4 fully saturated rings. The number of aliphatic hydroxyl groups is 4. The van der Waals surface area contributed by atoms with Gasteiger partial charge in [0.1, 0.15) is 18.3 Å². The van der Waals surface area contributed by atoms with E-state index in [1.807, 2.05) is 53.6 Å². The second-order valence-corrected chi connectivity index (χ2v) is 17.3. The predicted molar refractivity (Wildman–Crippen MR) is 191 cm³/mol. The first-order chi connectivity index (χ1) is 23.7. The van der Waals surface area contributed by atoms with Crippen molar-refractivity contribution >= 4 is 5.97 Å². The van der Waals surface area contributed by atoms with E-state index < -0.39 is 84.3 Å². The van der Waals surface area contributed by atoms with Crippen molar-refractivity contribution in [2.75, 3.05) is 27.7 Å². The molecule has 13 nitrogen and oxygen atoms in total. The minimum absolute atomic E-state index is 0.0562. The van der Waals surface area contributed by atoms with Crippen LogP contribution in [0.4, 0.5) is 0 Å². The maximum absolute atomic E-state index is 14.3. The molecular formula is C38H70N2O11. The van der Waals surface area contributed by atoms with Gasteiger partial charge in [-0.25, -0.2) is 0 Å². The van der Waals surface area contributed by atoms with Crippen molar-refractivity contribution in [2.45, 2.75) is 179 Å². The van der Waals surface area contributed by atoms with Gasteiger partial charge in [0.15, 0.2) is 12.6 Å². The molecule has 0 aromatic heterocycles. The third-order valence-electron chi connectivity index (χ3n) is 12.3. The fourth-order valence-electron chi connectivity index (χ4n) is 8.76. The highest BCUT2D eigenvalue weighted by Crippen LogP contribution is 2.42. The average molecular weight is 731 g/mol. The molecule has 0 amide bonds. The van der Waals surface area contributed by atoms with Gasteiger partial charge in [-0.15, -0.1) is 0 Å². The number of hydrogen-bond acceptors (Lipinski definition) is 13. The molecule has 0 radical (unpaired) electrons. The minimum Gasteiger partial charge on any atom is -0.461 e. The lowest BCUT2D eigenvalue weighted by atomic mass is 9.77. The molecule has 13 heteroatoms. The first kappa shape index (κ1) is 42.8. The van der Waals surface area contributed by atoms with Crippen molar-refractivity contribution in [1.29, 1.82) is 0 Å². The third kappa shape index (κ3) is 10.0. The molecule has 5 N–H and O–H groups in total. The van der Waals surface area contributed by atoms with Crippen LogP contribution < -0.4 is 5.32 Å². The van der Waals surface area contributed by atoms with E-state index in [2.05, 4.69) is 5.32 Å². The summed E-state index contributed by atoms with van der Waals surface area (Å²) in [6.07, 6.45) is -4.95. The largest absolute Gasteiger partial charge is 0.461 e. The lowest BCUT2D eigenvalue weighted by Crippen LogP contribution is -2.60. The molecule has 3 saturated heterocycles. The number of carbonyl (C=O) groups excluding carboxylic acids is 1. The SMILES string of the molecule is CO[C@]1(C)C[C@H](O[C@H]2[C@H](C)[C@@H](O[C@@H]3O[C@H](C)C[C@H](N(C)C)[C@H]3O)[C@@](C)(O)C[C@@H](C)CN[C@@H](C)[C@@H](O)[C@@H](C)[C@H](C3CC3)OC(=O)[C@@H]2C)O[C@@H](C)[C@@H]1O. The monoisotopic (exact) mass is 730 g/mol. The van der Waals surface area contributed by atoms with Gasteiger partial charge in [0.2, 0.25) is 0 Å². The van der Waals surface area contributed by atoms with Gasteiger partial charge in [-0.05, 0) is 99.7 Å². The standard InChI is InChI=1S/C38H70N2O11/c1-19-16-37(8,45)34(51-36-30(42)27(40(10)11)15-20(2)47-36)22(4)31(49-28-17-38(9,46-12)33(43)25(7)48-28)23(5)35(44)50-32(26-13-14-26)21(3)29(41)24(6)39-18-19/h19-34,36,39,41-43,45H,13-18H2,1-12H3/t19-,20-,21-,22+,23-,24+,25+,27+,28+,29+,30-,31+,32-,33+,34-,36+,37+,38-/m1/s1. The summed E-state index contributed by atoms with van der Waals surface area (Å²) in [6, 6.07) is -0.530. The Balaban J connectivity index is 1.77. The number of cyclic esters (lactones) is 1. The maximum Gasteiger partial charge on any atom is 0.311 e. The highest BCUT2D eigenvalue weighted by atomic mass is 16.7. The van der Waals surface area contributed by atoms with E-state index in [-0.39, 0.29) is 42.4 Å². The molecule has 4 rings (SSSR count). The zero-order valence-corrected chi connectivity index (χ0v) is 33.2. The average Bonchev–Trinajstić information content (AvgIpc) is 3.91. The van der Waals surface area contributed by atoms with Crippen LogP contribution in [0.2, 0.25) is 0 Å². The van der Waals surface area contributed by atoms with Crippen LogP contribution in [0.3, 0.4) is 0 Å². The molecule has 51 heavy (non-hydrogen) atoms. The number of rotatable bonds is 7. The summed E-state index contributed by atoms with van der Waals surface area (Å²) in [5, 5.41) is 49.8. The highest BCUT2D eigenvalue weighted by Gasteiger charge is 2.52. The van der Waals surface area contributed by atoms with Crippen LogP contribution in [0.25, 0.3) is 0 Å². The van der Waals surface area contributed by atoms with Crippen molar-refractivity contribution in [3.8, 4) is 0 Å². The molecule has 0 spiro atoms. The van der Waals surface area contributed by atoms with Crippen molar-refractivity contribution in [1.82, 2.24) is 10.2 Å². The van der Waals surface area contributed by atoms with Crippen LogP contribution in [0.15, 0.2) is 0 Å². The minimum atomic E-state index is -1.49. The van der Waals surface area contributed by atoms with Crippen molar-refractivity contribution in [3.63, 3.8) is 0 Å². The summed E-state index contributed by atoms with van der Waals surface area (Å²) in [5.74, 6) is -2.24. The van der Waals surface area contributed by atoms with Crippen LogP contribution in [-0.4, -0.2) is 144 Å². The Bertz CT molecular complexity index is 1130. The Morgan fingerprint density at radius 1 is 0.902 bits per heavy atom. The maximum atomic E-state index is 14.3. The quantitative estimate of drug-likeness (QED) is 0.243. The highest BCUT2D eigenvalue weighted by molar-refractivity contribution is 5.73. The summed E-state index contributed by atoms with van der Waals surface area (Å²) >= 11 is 0. The van der Waals surface area contributed by atoms with Crippen molar-refractivity contribution in [2.24, 2.45) is 29.6 Å². The van der Waals surface area contributed by atoms with Crippen LogP contribution >= 0.6 is 0 Å². The van der Waals surface area contributed by atoms with Crippen molar-refractivity contribution in [3.05, 3.63) is 0 Å². The van der Waals surface area contributed by atoms with Crippen LogP contribution in [0.1, 0.15) is 94.4 Å². The summed E-state index contributed by atoms with van der Waals surface area (Å²) in [7, 11) is 5.34. The molecule has 0 aromatic rings. The Morgan fingerprint density at radius 2 is 1.55 bits per heavy atom. The van der Waals surface area contributed by atoms with Crippen LogP contribution in [0.5, 0.6) is 0 Å². The van der Waals surface area contributed by atoms with E-state index in [1.165, 1.54) is 7.11 Å². The molecule has 0 bridgehead atoms. The first-order valence-corrected chi connectivity index (χ1v) is 19.2. The second kappa shape index (κ2) is 17.2. The number of likely N-dealkylation sites (N-methyl/N-ethyl adjacent to an activating group) is 1. The number of hydrogen-bond donors (Lipinski definition) is 5. The predicted octanol–water partition coefficient (Wildman–Crippen LogP) is 2.44. The molecule has 298 valence electrons. The molecule has 0 unspecified atom stereocenters. The normalized spacial score (nSPS) is 49.9. The summed E-state index contributed by atoms with van der Waals surface area (Å²) in [4.78, 5) is 16.2. The molecule has 1 saturated carbocycles. The summed E-state index contributed by atoms with van der Waals surface area (Å²) in [5.41, 5.74) is -2.47. The second-order valence-electron chi connectivity index (χ2n) is 17.3. The lowest BCUT2D eigenvalue weighted by Gasteiger charge is -2.48. The zero-order chi connectivity index (χ0) is 38.2. The van der Waals surface area contributed by atoms with E-state index in [9.17, 15) is 25.2 Å². The number of aliphatic hydroxyl groups excluding tert-OH is 3. The van der Waals surface area contributed by atoms with Gasteiger partial charge in [0.25, 0.3) is 0 Å². The topological polar surface area (TPSA) is 169 Å². The van der Waals surface area contributed by atoms with Gasteiger partial charge in [-0.2, -0.15) is 0 Å². The Labute approximate surface area is 306 Å². The van der Waals surface area contributed by atoms with E-state index >= 15 is 0 Å². The van der Waals surface area contributed by atoms with Gasteiger partial charge >= 0.3 is 5.97 Å². The number of carbonyl (C=O) groups is 1. The van der Waals surface area contributed by atoms with Gasteiger partial charge in [0.05, 0.1) is 47.6 Å². The van der Waals surface area contributed by atoms with Crippen molar-refractivity contribution < 1.29 is 53.6 Å². The zero-order valence-electron chi connectivity index (χ0n) is 33.2. The smallest absolute Gasteiger partial charge is 0.311 e.